The Morgan fingerprint density at radius 3 is 2.23 bits per heavy atom. The zero-order valence-electron chi connectivity index (χ0n) is 13.1. The van der Waals surface area contributed by atoms with Gasteiger partial charge in [-0.05, 0) is 19.3 Å². The third kappa shape index (κ3) is 2.70. The Balaban J connectivity index is 2.50. The highest BCUT2D eigenvalue weighted by Crippen LogP contribution is 2.41. The molecule has 0 fully saturated rings. The summed E-state index contributed by atoms with van der Waals surface area (Å²) < 4.78 is 11.0. The van der Waals surface area contributed by atoms with Gasteiger partial charge in [0.2, 0.25) is 0 Å². The zero-order chi connectivity index (χ0) is 16.7. The largest absolute Gasteiger partial charge is 0.753 e. The van der Waals surface area contributed by atoms with E-state index in [0.29, 0.717) is 29.1 Å². The topological polar surface area (TPSA) is 99.0 Å². The molecule has 1 heterocycles. The third-order valence-corrected chi connectivity index (χ3v) is 3.85. The average Bonchev–Trinajstić information content (AvgIpc) is 2.52. The van der Waals surface area contributed by atoms with Crippen LogP contribution in [0.1, 0.15) is 47.0 Å². The molecule has 0 radical (unpaired) electrons. The van der Waals surface area contributed by atoms with Gasteiger partial charge >= 0.3 is 11.9 Å². The number of nitrogens with zero attached hydrogens (tertiary/aromatic N) is 2. The van der Waals surface area contributed by atoms with Crippen LogP contribution in [0.25, 0.3) is 0 Å². The van der Waals surface area contributed by atoms with Crippen LogP contribution in [0.4, 0.5) is 0 Å². The Morgan fingerprint density at radius 2 is 1.68 bits per heavy atom. The van der Waals surface area contributed by atoms with Crippen molar-refractivity contribution in [1.82, 2.24) is 5.06 Å². The summed E-state index contributed by atoms with van der Waals surface area (Å²) in [7, 11) is 0. The monoisotopic (exact) mass is 312 g/mol. The van der Waals surface area contributed by atoms with Crippen LogP contribution in [0.5, 0.6) is 0 Å². The number of nitroso groups, excluding NO2 is 1. The Bertz CT molecular complexity index is 554. The van der Waals surface area contributed by atoms with E-state index in [0.717, 1.165) is 0 Å². The van der Waals surface area contributed by atoms with E-state index < -0.39 is 29.8 Å². The van der Waals surface area contributed by atoms with E-state index in [1.54, 1.807) is 0 Å². The average molecular weight is 312 g/mol. The van der Waals surface area contributed by atoms with Crippen LogP contribution in [0.15, 0.2) is 11.4 Å². The molecule has 0 amide bonds. The van der Waals surface area contributed by atoms with Gasteiger partial charge < -0.3 is 19.7 Å². The molecule has 0 saturated heterocycles. The second kappa shape index (κ2) is 5.68. The minimum absolute atomic E-state index is 0.0824. The van der Waals surface area contributed by atoms with E-state index in [9.17, 15) is 19.7 Å². The maximum Gasteiger partial charge on any atom is 0.303 e. The Hall–Kier alpha value is -1.96. The van der Waals surface area contributed by atoms with E-state index in [1.807, 2.05) is 0 Å². The summed E-state index contributed by atoms with van der Waals surface area (Å²) in [6.45, 7) is 5.44. The van der Waals surface area contributed by atoms with Crippen molar-refractivity contribution in [3.05, 3.63) is 21.5 Å². The minimum atomic E-state index is -1.38. The van der Waals surface area contributed by atoms with Crippen LogP contribution >= 0.6 is 0 Å². The van der Waals surface area contributed by atoms with Crippen molar-refractivity contribution in [2.24, 2.45) is 0 Å². The van der Waals surface area contributed by atoms with Crippen LogP contribution in [0, 0.1) is 10.1 Å². The number of esters is 2. The molecule has 0 aromatic rings. The first kappa shape index (κ1) is 16.4. The molecular weight excluding hydrogens is 292 g/mol. The highest BCUT2D eigenvalue weighted by atomic mass is 16.6. The standard InChI is InChI=1S/C14H20N2O6/c1-8(17)21-10-6-5-7-11(22-9(2)18)13-12(10)15(19)14(3,4)16(13)20/h10-11H,5-7H2,1-4H3. The van der Waals surface area contributed by atoms with Gasteiger partial charge in [0, 0.05) is 32.6 Å². The summed E-state index contributed by atoms with van der Waals surface area (Å²) in [5.41, 5.74) is -1.21. The maximum atomic E-state index is 12.5. The van der Waals surface area contributed by atoms with Crippen molar-refractivity contribution in [1.29, 1.82) is 0 Å². The summed E-state index contributed by atoms with van der Waals surface area (Å²) in [5, 5.41) is 13.1. The molecule has 2 atom stereocenters. The molecule has 122 valence electrons. The van der Waals surface area contributed by atoms with E-state index in [1.165, 1.54) is 27.7 Å². The lowest BCUT2D eigenvalue weighted by atomic mass is 10.1. The lowest BCUT2D eigenvalue weighted by Gasteiger charge is -2.35. The van der Waals surface area contributed by atoms with Gasteiger partial charge in [-0.15, -0.1) is 0 Å². The number of carbonyl (C=O) groups excluding carboxylic acids is 2. The van der Waals surface area contributed by atoms with Gasteiger partial charge in [-0.1, -0.05) is 0 Å². The van der Waals surface area contributed by atoms with Crippen LogP contribution in [-0.4, -0.2) is 39.6 Å². The normalized spacial score (nSPS) is 27.3. The number of hydrogen-bond donors (Lipinski definition) is 0. The van der Waals surface area contributed by atoms with Gasteiger partial charge in [-0.3, -0.25) is 9.59 Å². The fraction of sp³-hybridized carbons (Fsp3) is 0.714. The molecule has 0 bridgehead atoms. The molecule has 1 aliphatic carbocycles. The molecule has 0 N–H and O–H groups in total. The van der Waals surface area contributed by atoms with Gasteiger partial charge in [0.05, 0.1) is 4.76 Å². The number of rotatable bonds is 2. The van der Waals surface area contributed by atoms with Gasteiger partial charge in [0.15, 0.2) is 6.10 Å². The Kier molecular flexibility index (Phi) is 4.23. The molecule has 2 rings (SSSR count). The minimum Gasteiger partial charge on any atom is -0.753 e. The summed E-state index contributed by atoms with van der Waals surface area (Å²) in [6, 6.07) is 0. The van der Waals surface area contributed by atoms with Gasteiger partial charge in [0.25, 0.3) is 11.4 Å². The van der Waals surface area contributed by atoms with Crippen molar-refractivity contribution < 1.29 is 23.8 Å². The summed E-state index contributed by atoms with van der Waals surface area (Å²) in [6.07, 6.45) is -0.240. The second-order valence-corrected chi connectivity index (χ2v) is 5.98. The van der Waals surface area contributed by atoms with Crippen molar-refractivity contribution in [3.63, 3.8) is 0 Å². The summed E-state index contributed by atoms with van der Waals surface area (Å²) in [4.78, 5) is 35.1. The van der Waals surface area contributed by atoms with E-state index in [-0.39, 0.29) is 11.4 Å². The number of ether oxygens (including phenoxy) is 2. The molecule has 1 aliphatic heterocycles. The first-order valence-corrected chi connectivity index (χ1v) is 7.19. The van der Waals surface area contributed by atoms with Crippen LogP contribution in [0.2, 0.25) is 0 Å². The van der Waals surface area contributed by atoms with Crippen molar-refractivity contribution in [2.45, 2.75) is 64.8 Å². The summed E-state index contributed by atoms with van der Waals surface area (Å²) >= 11 is 0. The number of carbonyl (C=O) groups is 2. The van der Waals surface area contributed by atoms with Crippen LogP contribution in [-0.2, 0) is 19.1 Å². The van der Waals surface area contributed by atoms with Crippen LogP contribution in [0.3, 0.4) is 0 Å². The van der Waals surface area contributed by atoms with E-state index in [4.69, 9.17) is 9.47 Å². The van der Waals surface area contributed by atoms with Crippen molar-refractivity contribution in [2.75, 3.05) is 0 Å². The Morgan fingerprint density at radius 1 is 1.18 bits per heavy atom. The number of hydroxylamine groups is 2. The van der Waals surface area contributed by atoms with Gasteiger partial charge in [-0.25, -0.2) is 0 Å². The quantitative estimate of drug-likeness (QED) is 0.563. The molecule has 2 aliphatic rings. The molecule has 0 saturated carbocycles. The molecule has 8 nitrogen and oxygen atoms in total. The smallest absolute Gasteiger partial charge is 0.303 e. The van der Waals surface area contributed by atoms with Crippen molar-refractivity contribution >= 4 is 11.9 Å². The van der Waals surface area contributed by atoms with Gasteiger partial charge in [-0.2, -0.15) is 0 Å². The lowest BCUT2D eigenvalue weighted by Crippen LogP contribution is -2.43. The molecule has 8 heteroatoms. The van der Waals surface area contributed by atoms with E-state index in [2.05, 4.69) is 0 Å². The maximum absolute atomic E-state index is 12.5. The molecule has 0 aromatic carbocycles. The highest BCUT2D eigenvalue weighted by molar-refractivity contribution is 5.67. The van der Waals surface area contributed by atoms with Crippen molar-refractivity contribution in [3.8, 4) is 0 Å². The summed E-state index contributed by atoms with van der Waals surface area (Å²) in [5.74, 6) is -1.06. The van der Waals surface area contributed by atoms with E-state index >= 15 is 0 Å². The predicted octanol–water partition coefficient (Wildman–Crippen LogP) is 1.57. The lowest BCUT2D eigenvalue weighted by molar-refractivity contribution is -0.590. The molecule has 0 aromatic heterocycles. The second-order valence-electron chi connectivity index (χ2n) is 5.98. The van der Waals surface area contributed by atoms with Gasteiger partial charge in [0.1, 0.15) is 11.8 Å². The molecule has 22 heavy (non-hydrogen) atoms. The zero-order valence-corrected chi connectivity index (χ0v) is 13.1. The Labute approximate surface area is 128 Å². The SMILES string of the molecule is CC(=O)OC1CCCC(OC(C)=O)C2=C1N([O-])C(C)(C)[N+]2=O. The fourth-order valence-corrected chi connectivity index (χ4v) is 2.86. The molecule has 2 unspecified atom stereocenters. The predicted molar refractivity (Wildman–Crippen MR) is 74.9 cm³/mol. The molecule has 0 spiro atoms. The first-order valence-electron chi connectivity index (χ1n) is 7.19. The first-order chi connectivity index (χ1) is 10.2. The number of hydrogen-bond acceptors (Lipinski definition) is 7. The van der Waals surface area contributed by atoms with Crippen LogP contribution < -0.4 is 0 Å². The fourth-order valence-electron chi connectivity index (χ4n) is 2.86. The highest BCUT2D eigenvalue weighted by Gasteiger charge is 2.56. The molecular formula is C14H20N2O6. The third-order valence-electron chi connectivity index (χ3n) is 3.85.